The smallest absolute Gasteiger partial charge is 0.322 e. The normalized spacial score (nSPS) is 12.7. The fourth-order valence-electron chi connectivity index (χ4n) is 2.54. The van der Waals surface area contributed by atoms with Crippen LogP contribution in [0.4, 0.5) is 0 Å². The summed E-state index contributed by atoms with van der Waals surface area (Å²) < 4.78 is 31.9. The zero-order chi connectivity index (χ0) is 20.1. The Kier molecular flexibility index (Phi) is 11.0. The molecule has 0 spiro atoms. The molecule has 0 amide bonds. The van der Waals surface area contributed by atoms with Gasteiger partial charge in [0.2, 0.25) is 10.0 Å². The van der Waals surface area contributed by atoms with Crippen molar-refractivity contribution in [3.8, 4) is 5.75 Å². The molecule has 0 aliphatic carbocycles. The maximum absolute atomic E-state index is 12.0. The Morgan fingerprint density at radius 3 is 2.41 bits per heavy atom. The van der Waals surface area contributed by atoms with E-state index in [4.69, 9.17) is 10.5 Å². The number of hydrogen-bond donors (Lipinski definition) is 3. The Balaban J connectivity index is 2.52. The van der Waals surface area contributed by atoms with Gasteiger partial charge in [0.1, 0.15) is 11.8 Å². The van der Waals surface area contributed by atoms with Crippen molar-refractivity contribution in [2.75, 3.05) is 18.9 Å². The highest BCUT2D eigenvalue weighted by Crippen LogP contribution is 2.15. The molecule has 0 saturated heterocycles. The molecule has 0 unspecified atom stereocenters. The summed E-state index contributed by atoms with van der Waals surface area (Å²) in [5, 5.41) is 9.32. The van der Waals surface area contributed by atoms with E-state index in [2.05, 4.69) is 4.72 Å². The average molecular weight is 401 g/mol. The van der Waals surface area contributed by atoms with Crippen LogP contribution in [-0.4, -0.2) is 44.4 Å². The summed E-state index contributed by atoms with van der Waals surface area (Å²) in [4.78, 5) is 11.4. The summed E-state index contributed by atoms with van der Waals surface area (Å²) >= 11 is 0. The molecular weight excluding hydrogens is 368 g/mol. The van der Waals surface area contributed by atoms with E-state index in [9.17, 15) is 18.3 Å². The number of carbonyl (C=O) groups is 1. The minimum Gasteiger partial charge on any atom is -0.494 e. The van der Waals surface area contributed by atoms with E-state index in [1.807, 2.05) is 6.92 Å². The quantitative estimate of drug-likeness (QED) is 0.389. The fourth-order valence-corrected chi connectivity index (χ4v) is 3.94. The number of carboxylic acids is 1. The van der Waals surface area contributed by atoms with Crippen LogP contribution >= 0.6 is 0 Å². The number of rotatable bonds is 15. The van der Waals surface area contributed by atoms with Crippen molar-refractivity contribution in [3.05, 3.63) is 29.8 Å². The molecule has 0 fully saturated rings. The molecule has 0 aromatic heterocycles. The molecule has 1 aromatic rings. The van der Waals surface area contributed by atoms with Crippen LogP contribution in [-0.2, 0) is 21.2 Å². The van der Waals surface area contributed by atoms with Crippen molar-refractivity contribution in [1.82, 2.24) is 4.72 Å². The zero-order valence-electron chi connectivity index (χ0n) is 16.0. The predicted octanol–water partition coefficient (Wildman–Crippen LogP) is 2.30. The van der Waals surface area contributed by atoms with Gasteiger partial charge in [0.15, 0.2) is 0 Å². The van der Waals surface area contributed by atoms with Gasteiger partial charge in [-0.05, 0) is 49.9 Å². The largest absolute Gasteiger partial charge is 0.494 e. The van der Waals surface area contributed by atoms with E-state index in [0.29, 0.717) is 25.3 Å². The second-order valence-electron chi connectivity index (χ2n) is 6.58. The van der Waals surface area contributed by atoms with Crippen molar-refractivity contribution in [2.45, 2.75) is 57.9 Å². The standard InChI is InChI=1S/C19H32N2O5S/c1-2-3-14-27(24,25)21-18(19(22)23)15-16-8-10-17(11-9-16)26-13-7-5-4-6-12-20/h8-11,18,21H,2-7,12-15,20H2,1H3,(H,22,23)/t18-/m1/s1. The Bertz CT molecular complexity index is 647. The molecule has 0 aliphatic rings. The minimum atomic E-state index is -3.60. The molecule has 27 heavy (non-hydrogen) atoms. The lowest BCUT2D eigenvalue weighted by Crippen LogP contribution is -2.43. The van der Waals surface area contributed by atoms with Crippen LogP contribution in [0.3, 0.4) is 0 Å². The summed E-state index contributed by atoms with van der Waals surface area (Å²) in [5.74, 6) is -0.536. The average Bonchev–Trinajstić information content (AvgIpc) is 2.63. The highest BCUT2D eigenvalue weighted by Gasteiger charge is 2.24. The van der Waals surface area contributed by atoms with Crippen LogP contribution < -0.4 is 15.2 Å². The number of unbranched alkanes of at least 4 members (excludes halogenated alkanes) is 4. The van der Waals surface area contributed by atoms with Crippen LogP contribution in [0.5, 0.6) is 5.75 Å². The summed E-state index contributed by atoms with van der Waals surface area (Å²) in [6, 6.07) is 5.90. The lowest BCUT2D eigenvalue weighted by atomic mass is 10.1. The number of nitrogens with one attached hydrogen (secondary N) is 1. The summed E-state index contributed by atoms with van der Waals surface area (Å²) in [6.07, 6.45) is 5.48. The molecule has 7 nitrogen and oxygen atoms in total. The van der Waals surface area contributed by atoms with Crippen LogP contribution in [0, 0.1) is 0 Å². The van der Waals surface area contributed by atoms with Gasteiger partial charge in [-0.1, -0.05) is 38.3 Å². The molecule has 1 aromatic carbocycles. The topological polar surface area (TPSA) is 119 Å². The van der Waals surface area contributed by atoms with Gasteiger partial charge in [-0.25, -0.2) is 13.1 Å². The Labute approximate surface area is 162 Å². The second kappa shape index (κ2) is 12.7. The van der Waals surface area contributed by atoms with Crippen LogP contribution in [0.25, 0.3) is 0 Å². The Morgan fingerprint density at radius 2 is 1.81 bits per heavy atom. The highest BCUT2D eigenvalue weighted by atomic mass is 32.2. The van der Waals surface area contributed by atoms with Crippen molar-refractivity contribution in [3.63, 3.8) is 0 Å². The van der Waals surface area contributed by atoms with E-state index >= 15 is 0 Å². The fraction of sp³-hybridized carbons (Fsp3) is 0.632. The molecule has 0 aliphatic heterocycles. The maximum Gasteiger partial charge on any atom is 0.322 e. The van der Waals surface area contributed by atoms with Gasteiger partial charge in [0.25, 0.3) is 0 Å². The summed E-state index contributed by atoms with van der Waals surface area (Å²) in [7, 11) is -3.60. The van der Waals surface area contributed by atoms with Crippen molar-refractivity contribution in [1.29, 1.82) is 0 Å². The van der Waals surface area contributed by atoms with Crippen molar-refractivity contribution < 1.29 is 23.1 Å². The Hall–Kier alpha value is -1.64. The monoisotopic (exact) mass is 400 g/mol. The first-order valence-electron chi connectivity index (χ1n) is 9.52. The molecule has 0 saturated carbocycles. The third-order valence-electron chi connectivity index (χ3n) is 4.12. The molecule has 0 radical (unpaired) electrons. The first kappa shape index (κ1) is 23.4. The third-order valence-corrected chi connectivity index (χ3v) is 5.59. The molecule has 154 valence electrons. The number of sulfonamides is 1. The van der Waals surface area contributed by atoms with E-state index in [-0.39, 0.29) is 12.2 Å². The van der Waals surface area contributed by atoms with E-state index < -0.39 is 22.0 Å². The minimum absolute atomic E-state index is 0.0641. The number of hydrogen-bond acceptors (Lipinski definition) is 5. The van der Waals surface area contributed by atoms with Gasteiger partial charge in [0, 0.05) is 0 Å². The van der Waals surface area contributed by atoms with Gasteiger partial charge < -0.3 is 15.6 Å². The van der Waals surface area contributed by atoms with Gasteiger partial charge >= 0.3 is 5.97 Å². The lowest BCUT2D eigenvalue weighted by molar-refractivity contribution is -0.138. The summed E-state index contributed by atoms with van der Waals surface area (Å²) in [6.45, 7) is 3.22. The molecule has 8 heteroatoms. The van der Waals surface area contributed by atoms with E-state index in [1.165, 1.54) is 0 Å². The summed E-state index contributed by atoms with van der Waals surface area (Å²) in [5.41, 5.74) is 6.18. The van der Waals surface area contributed by atoms with Gasteiger partial charge in [-0.3, -0.25) is 4.79 Å². The number of ether oxygens (including phenoxy) is 1. The van der Waals surface area contributed by atoms with Crippen molar-refractivity contribution in [2.24, 2.45) is 5.73 Å². The molecule has 0 bridgehead atoms. The van der Waals surface area contributed by atoms with E-state index in [0.717, 1.165) is 37.7 Å². The SMILES string of the molecule is CCCCS(=O)(=O)N[C@H](Cc1ccc(OCCCCCCN)cc1)C(=O)O. The van der Waals surface area contributed by atoms with Crippen LogP contribution in [0.15, 0.2) is 24.3 Å². The molecule has 1 rings (SSSR count). The van der Waals surface area contributed by atoms with Crippen LogP contribution in [0.1, 0.15) is 51.0 Å². The van der Waals surface area contributed by atoms with Gasteiger partial charge in [-0.2, -0.15) is 0 Å². The zero-order valence-corrected chi connectivity index (χ0v) is 16.8. The predicted molar refractivity (Wildman–Crippen MR) is 106 cm³/mol. The van der Waals surface area contributed by atoms with E-state index in [1.54, 1.807) is 24.3 Å². The first-order chi connectivity index (χ1) is 12.9. The number of nitrogens with two attached hydrogens (primary N) is 1. The molecular formula is C19H32N2O5S. The number of carboxylic acid groups (broad SMARTS) is 1. The molecule has 4 N–H and O–H groups in total. The van der Waals surface area contributed by atoms with Crippen LogP contribution in [0.2, 0.25) is 0 Å². The molecule has 0 heterocycles. The number of benzene rings is 1. The Morgan fingerprint density at radius 1 is 1.15 bits per heavy atom. The van der Waals surface area contributed by atoms with Gasteiger partial charge in [-0.15, -0.1) is 0 Å². The van der Waals surface area contributed by atoms with Gasteiger partial charge in [0.05, 0.1) is 12.4 Å². The molecule has 1 atom stereocenters. The third kappa shape index (κ3) is 10.3. The number of aliphatic carboxylic acids is 1. The highest BCUT2D eigenvalue weighted by molar-refractivity contribution is 7.89. The maximum atomic E-state index is 12.0. The lowest BCUT2D eigenvalue weighted by Gasteiger charge is -2.15. The van der Waals surface area contributed by atoms with Crippen molar-refractivity contribution >= 4 is 16.0 Å². The second-order valence-corrected chi connectivity index (χ2v) is 8.45. The first-order valence-corrected chi connectivity index (χ1v) is 11.2.